The van der Waals surface area contributed by atoms with Crippen LogP contribution in [0.2, 0.25) is 0 Å². The molecule has 0 radical (unpaired) electrons. The van der Waals surface area contributed by atoms with Crippen molar-refractivity contribution in [3.05, 3.63) is 24.0 Å². The van der Waals surface area contributed by atoms with E-state index in [0.29, 0.717) is 12.1 Å². The van der Waals surface area contributed by atoms with Crippen molar-refractivity contribution < 1.29 is 0 Å². The number of hydrogen-bond donors (Lipinski definition) is 2. The summed E-state index contributed by atoms with van der Waals surface area (Å²) < 4.78 is 0. The van der Waals surface area contributed by atoms with Gasteiger partial charge >= 0.3 is 0 Å². The quantitative estimate of drug-likeness (QED) is 0.832. The van der Waals surface area contributed by atoms with Gasteiger partial charge in [-0.3, -0.25) is 4.90 Å². The first-order valence-corrected chi connectivity index (χ1v) is 5.42. The van der Waals surface area contributed by atoms with Crippen molar-refractivity contribution in [2.75, 3.05) is 13.1 Å². The summed E-state index contributed by atoms with van der Waals surface area (Å²) in [7, 11) is 0. The highest BCUT2D eigenvalue weighted by atomic mass is 35.5. The average Bonchev–Trinajstić information content (AvgIpc) is 2.87. The number of likely N-dealkylation sites (tertiary alicyclic amines) is 1. The van der Waals surface area contributed by atoms with E-state index in [9.17, 15) is 0 Å². The van der Waals surface area contributed by atoms with Crippen LogP contribution in [0.5, 0.6) is 0 Å². The van der Waals surface area contributed by atoms with Crippen molar-refractivity contribution in [1.29, 1.82) is 0 Å². The first-order chi connectivity index (χ1) is 6.83. The minimum atomic E-state index is 0. The molecule has 3 N–H and O–H groups in total. The Bertz CT molecular complexity index is 273. The molecule has 1 aliphatic heterocycles. The second kappa shape index (κ2) is 5.54. The third kappa shape index (κ3) is 2.54. The molecule has 1 aromatic heterocycles. The molecule has 1 aromatic rings. The zero-order chi connectivity index (χ0) is 9.97. The molecule has 2 rings (SSSR count). The van der Waals surface area contributed by atoms with E-state index in [2.05, 4.69) is 28.9 Å². The lowest BCUT2D eigenvalue weighted by Crippen LogP contribution is -2.37. The van der Waals surface area contributed by atoms with Gasteiger partial charge in [-0.1, -0.05) is 0 Å². The predicted molar refractivity (Wildman–Crippen MR) is 65.2 cm³/mol. The van der Waals surface area contributed by atoms with Crippen molar-refractivity contribution in [3.63, 3.8) is 0 Å². The standard InChI is InChI=1S/C11H19N3.ClH/c1-9(11-5-2-6-13-11)14-7-3-4-10(14)8-12;/h2,5-6,9-10,13H,3-4,7-8,12H2,1H3;1H. The lowest BCUT2D eigenvalue weighted by Gasteiger charge is -2.29. The Kier molecular flexibility index (Phi) is 4.64. The van der Waals surface area contributed by atoms with Crippen LogP contribution in [-0.4, -0.2) is 29.0 Å². The van der Waals surface area contributed by atoms with Crippen LogP contribution in [0.25, 0.3) is 0 Å². The van der Waals surface area contributed by atoms with Crippen LogP contribution in [0.4, 0.5) is 0 Å². The van der Waals surface area contributed by atoms with Crippen LogP contribution in [0.15, 0.2) is 18.3 Å². The number of nitrogens with two attached hydrogens (primary N) is 1. The minimum Gasteiger partial charge on any atom is -0.364 e. The molecule has 4 heteroatoms. The Morgan fingerprint density at radius 3 is 3.07 bits per heavy atom. The smallest absolute Gasteiger partial charge is 0.0473 e. The number of aromatic amines is 1. The molecule has 2 heterocycles. The predicted octanol–water partition coefficient (Wildman–Crippen LogP) is 1.92. The normalized spacial score (nSPS) is 23.7. The molecule has 1 fully saturated rings. The van der Waals surface area contributed by atoms with Crippen molar-refractivity contribution in [1.82, 2.24) is 9.88 Å². The fourth-order valence-electron chi connectivity index (χ4n) is 2.40. The molecule has 0 spiro atoms. The van der Waals surface area contributed by atoms with E-state index in [4.69, 9.17) is 5.73 Å². The molecular weight excluding hydrogens is 210 g/mol. The molecule has 0 amide bonds. The fourth-order valence-corrected chi connectivity index (χ4v) is 2.40. The molecule has 1 saturated heterocycles. The number of aromatic nitrogens is 1. The Labute approximate surface area is 97.4 Å². The molecule has 0 bridgehead atoms. The molecule has 0 aliphatic carbocycles. The van der Waals surface area contributed by atoms with Gasteiger partial charge < -0.3 is 10.7 Å². The van der Waals surface area contributed by atoms with Crippen molar-refractivity contribution in [3.8, 4) is 0 Å². The van der Waals surface area contributed by atoms with Gasteiger partial charge in [0.25, 0.3) is 0 Å². The minimum absolute atomic E-state index is 0. The zero-order valence-corrected chi connectivity index (χ0v) is 9.96. The SMILES string of the molecule is CC(c1ccc[nH]1)N1CCCC1CN.Cl. The second-order valence-corrected chi connectivity index (χ2v) is 4.07. The van der Waals surface area contributed by atoms with Gasteiger partial charge in [-0.15, -0.1) is 12.4 Å². The molecule has 0 aromatic carbocycles. The first kappa shape index (κ1) is 12.6. The largest absolute Gasteiger partial charge is 0.364 e. The molecule has 15 heavy (non-hydrogen) atoms. The van der Waals surface area contributed by atoms with Crippen LogP contribution < -0.4 is 5.73 Å². The second-order valence-electron chi connectivity index (χ2n) is 4.07. The number of nitrogens with one attached hydrogen (secondary N) is 1. The maximum absolute atomic E-state index is 5.76. The zero-order valence-electron chi connectivity index (χ0n) is 9.15. The van der Waals surface area contributed by atoms with E-state index < -0.39 is 0 Å². The average molecular weight is 230 g/mol. The Balaban J connectivity index is 0.00000112. The summed E-state index contributed by atoms with van der Waals surface area (Å²) in [5.41, 5.74) is 7.06. The summed E-state index contributed by atoms with van der Waals surface area (Å²) in [6, 6.07) is 5.25. The molecule has 86 valence electrons. The lowest BCUT2D eigenvalue weighted by molar-refractivity contribution is 0.194. The number of rotatable bonds is 3. The van der Waals surface area contributed by atoms with Crippen LogP contribution in [0.3, 0.4) is 0 Å². The van der Waals surface area contributed by atoms with E-state index in [1.807, 2.05) is 6.20 Å². The van der Waals surface area contributed by atoms with Gasteiger partial charge in [0.05, 0.1) is 0 Å². The summed E-state index contributed by atoms with van der Waals surface area (Å²) >= 11 is 0. The molecule has 1 aliphatic rings. The van der Waals surface area contributed by atoms with E-state index in [1.54, 1.807) is 0 Å². The van der Waals surface area contributed by atoms with Gasteiger partial charge in [0.2, 0.25) is 0 Å². The van der Waals surface area contributed by atoms with Crippen LogP contribution in [0, 0.1) is 0 Å². The maximum Gasteiger partial charge on any atom is 0.0473 e. The third-order valence-corrected chi connectivity index (χ3v) is 3.26. The highest BCUT2D eigenvalue weighted by Gasteiger charge is 2.28. The van der Waals surface area contributed by atoms with E-state index >= 15 is 0 Å². The first-order valence-electron chi connectivity index (χ1n) is 5.42. The maximum atomic E-state index is 5.76. The van der Waals surface area contributed by atoms with Gasteiger partial charge in [-0.25, -0.2) is 0 Å². The Morgan fingerprint density at radius 1 is 1.67 bits per heavy atom. The molecular formula is C11H20ClN3. The summed E-state index contributed by atoms with van der Waals surface area (Å²) in [6.45, 7) is 4.22. The van der Waals surface area contributed by atoms with Crippen molar-refractivity contribution >= 4 is 12.4 Å². The number of halogens is 1. The molecule has 2 unspecified atom stereocenters. The van der Waals surface area contributed by atoms with Gasteiger partial charge in [-0.05, 0) is 38.4 Å². The molecule has 0 saturated carbocycles. The Morgan fingerprint density at radius 2 is 2.47 bits per heavy atom. The highest BCUT2D eigenvalue weighted by Crippen LogP contribution is 2.27. The van der Waals surface area contributed by atoms with Crippen molar-refractivity contribution in [2.45, 2.75) is 31.8 Å². The lowest BCUT2D eigenvalue weighted by atomic mass is 10.1. The third-order valence-electron chi connectivity index (χ3n) is 3.26. The highest BCUT2D eigenvalue weighted by molar-refractivity contribution is 5.85. The number of nitrogens with zero attached hydrogens (tertiary/aromatic N) is 1. The Hall–Kier alpha value is -0.510. The number of H-pyrrole nitrogens is 1. The van der Waals surface area contributed by atoms with Gasteiger partial charge in [0.1, 0.15) is 0 Å². The van der Waals surface area contributed by atoms with Gasteiger partial charge in [0.15, 0.2) is 0 Å². The topological polar surface area (TPSA) is 45.0 Å². The van der Waals surface area contributed by atoms with Crippen LogP contribution >= 0.6 is 12.4 Å². The van der Waals surface area contributed by atoms with Gasteiger partial charge in [-0.2, -0.15) is 0 Å². The fraction of sp³-hybridized carbons (Fsp3) is 0.636. The number of hydrogen-bond acceptors (Lipinski definition) is 2. The van der Waals surface area contributed by atoms with E-state index in [0.717, 1.165) is 6.54 Å². The van der Waals surface area contributed by atoms with E-state index in [-0.39, 0.29) is 12.4 Å². The van der Waals surface area contributed by atoms with Crippen LogP contribution in [-0.2, 0) is 0 Å². The summed E-state index contributed by atoms with van der Waals surface area (Å²) in [5.74, 6) is 0. The van der Waals surface area contributed by atoms with Gasteiger partial charge in [0, 0.05) is 30.5 Å². The monoisotopic (exact) mass is 229 g/mol. The summed E-state index contributed by atoms with van der Waals surface area (Å²) in [4.78, 5) is 5.78. The molecule has 2 atom stereocenters. The summed E-state index contributed by atoms with van der Waals surface area (Å²) in [5, 5.41) is 0. The van der Waals surface area contributed by atoms with Crippen molar-refractivity contribution in [2.24, 2.45) is 5.73 Å². The van der Waals surface area contributed by atoms with E-state index in [1.165, 1.54) is 25.1 Å². The molecule has 3 nitrogen and oxygen atoms in total. The van der Waals surface area contributed by atoms with Crippen LogP contribution in [0.1, 0.15) is 31.5 Å². The summed E-state index contributed by atoms with van der Waals surface area (Å²) in [6.07, 6.45) is 4.52.